The zero-order chi connectivity index (χ0) is 18.8. The largest absolute Gasteiger partial charge is 0.323 e. The minimum atomic E-state index is -0.448. The molecule has 8 heteroatoms. The number of benzene rings is 1. The Bertz CT molecular complexity index is 915. The first-order valence-electron chi connectivity index (χ1n) is 9.41. The zero-order valence-electron chi connectivity index (χ0n) is 15.1. The Balaban J connectivity index is 1.44. The maximum atomic E-state index is 14.4. The van der Waals surface area contributed by atoms with E-state index in [1.165, 1.54) is 17.2 Å². The maximum absolute atomic E-state index is 14.4. The van der Waals surface area contributed by atoms with Crippen molar-refractivity contribution in [3.63, 3.8) is 0 Å². The summed E-state index contributed by atoms with van der Waals surface area (Å²) in [4.78, 5) is 13.3. The minimum absolute atomic E-state index is 0.0510. The third-order valence-corrected chi connectivity index (χ3v) is 7.47. The lowest BCUT2D eigenvalue weighted by Gasteiger charge is -2.59. The molecule has 0 spiro atoms. The number of hydrogen-bond donors (Lipinski definition) is 1. The van der Waals surface area contributed by atoms with Crippen molar-refractivity contribution in [1.82, 2.24) is 20.2 Å². The number of aromatic nitrogens is 4. The van der Waals surface area contributed by atoms with Gasteiger partial charge in [0.2, 0.25) is 5.91 Å². The van der Waals surface area contributed by atoms with E-state index >= 15 is 0 Å². The monoisotopic (exact) mass is 433 g/mol. The smallest absolute Gasteiger partial charge is 0.230 e. The van der Waals surface area contributed by atoms with Gasteiger partial charge in [0.05, 0.1) is 16.8 Å². The predicted molar refractivity (Wildman–Crippen MR) is 101 cm³/mol. The summed E-state index contributed by atoms with van der Waals surface area (Å²) < 4.78 is 16.0. The van der Waals surface area contributed by atoms with E-state index in [0.717, 1.165) is 32.1 Å². The second-order valence-corrected chi connectivity index (χ2v) is 10.3. The molecule has 0 saturated heterocycles. The van der Waals surface area contributed by atoms with Crippen molar-refractivity contribution < 1.29 is 9.18 Å². The fourth-order valence-corrected chi connectivity index (χ4v) is 7.33. The highest BCUT2D eigenvalue weighted by Crippen LogP contribution is 2.64. The Labute approximate surface area is 165 Å². The number of aryl methyl sites for hydroxylation is 1. The van der Waals surface area contributed by atoms with Gasteiger partial charge in [-0.15, -0.1) is 5.10 Å². The molecule has 27 heavy (non-hydrogen) atoms. The van der Waals surface area contributed by atoms with E-state index < -0.39 is 5.82 Å². The van der Waals surface area contributed by atoms with Gasteiger partial charge in [-0.05, 0) is 85.9 Å². The zero-order valence-corrected chi connectivity index (χ0v) is 16.7. The van der Waals surface area contributed by atoms with Gasteiger partial charge in [0.15, 0.2) is 5.82 Å². The van der Waals surface area contributed by atoms with Gasteiger partial charge >= 0.3 is 0 Å². The maximum Gasteiger partial charge on any atom is 0.230 e. The number of nitrogens with one attached hydrogen (secondary N) is 1. The third-order valence-electron chi connectivity index (χ3n) is 6.54. The van der Waals surface area contributed by atoms with E-state index in [1.807, 2.05) is 0 Å². The molecule has 0 radical (unpaired) electrons. The number of hydrogen-bond acceptors (Lipinski definition) is 4. The lowest BCUT2D eigenvalue weighted by atomic mass is 9.49. The fraction of sp³-hybridized carbons (Fsp3) is 0.579. The van der Waals surface area contributed by atoms with E-state index in [4.69, 9.17) is 0 Å². The minimum Gasteiger partial charge on any atom is -0.323 e. The van der Waals surface area contributed by atoms with Crippen LogP contribution in [0.5, 0.6) is 0 Å². The molecule has 1 aromatic carbocycles. The van der Waals surface area contributed by atoms with Crippen LogP contribution in [0.3, 0.4) is 0 Å². The van der Waals surface area contributed by atoms with Crippen molar-refractivity contribution in [3.05, 3.63) is 29.8 Å². The lowest BCUT2D eigenvalue weighted by Crippen LogP contribution is -2.57. The summed E-state index contributed by atoms with van der Waals surface area (Å²) in [6, 6.07) is 4.55. The molecule has 4 saturated carbocycles. The summed E-state index contributed by atoms with van der Waals surface area (Å²) >= 11 is 3.93. The van der Waals surface area contributed by atoms with Gasteiger partial charge in [0.1, 0.15) is 5.82 Å². The van der Waals surface area contributed by atoms with Crippen LogP contribution in [0.2, 0.25) is 0 Å². The Morgan fingerprint density at radius 1 is 1.30 bits per heavy atom. The number of tetrazole rings is 1. The molecule has 1 aromatic heterocycles. The quantitative estimate of drug-likeness (QED) is 0.747. The molecule has 2 aromatic rings. The molecule has 1 amide bonds. The summed E-state index contributed by atoms with van der Waals surface area (Å²) in [5, 5.41) is 14.3. The Kier molecular flexibility index (Phi) is 3.73. The van der Waals surface area contributed by atoms with Gasteiger partial charge < -0.3 is 5.32 Å². The van der Waals surface area contributed by atoms with Crippen LogP contribution in [0, 0.1) is 30.0 Å². The number of alkyl halides is 1. The highest BCUT2D eigenvalue weighted by Gasteiger charge is 2.59. The number of nitrogens with zero attached hydrogens (tertiary/aromatic N) is 4. The van der Waals surface area contributed by atoms with Gasteiger partial charge in [-0.3, -0.25) is 4.79 Å². The standard InChI is InChI=1S/C19H21BrFN5O/c1-11-23-24-25-26(11)14-2-3-15(21)16(5-14)22-17(27)18-6-12-4-13(7-18)9-19(20,8-12)10-18/h2-3,5,12-13H,4,6-10H2,1H3,(H,22,27). The molecule has 142 valence electrons. The van der Waals surface area contributed by atoms with Crippen LogP contribution in [0.4, 0.5) is 10.1 Å². The average Bonchev–Trinajstić information content (AvgIpc) is 3.00. The van der Waals surface area contributed by atoms with Crippen molar-refractivity contribution in [2.24, 2.45) is 17.3 Å². The summed E-state index contributed by atoms with van der Waals surface area (Å²) in [5.74, 6) is 1.29. The molecule has 1 N–H and O–H groups in total. The third kappa shape index (κ3) is 2.80. The van der Waals surface area contributed by atoms with Gasteiger partial charge in [0.25, 0.3) is 0 Å². The number of halogens is 2. The number of rotatable bonds is 3. The number of carbonyl (C=O) groups is 1. The van der Waals surface area contributed by atoms with Crippen molar-refractivity contribution in [3.8, 4) is 5.69 Å². The second-order valence-electron chi connectivity index (χ2n) is 8.65. The van der Waals surface area contributed by atoms with Gasteiger partial charge in [-0.1, -0.05) is 15.9 Å². The van der Waals surface area contributed by atoms with E-state index in [-0.39, 0.29) is 21.3 Å². The Hall–Kier alpha value is -1.83. The van der Waals surface area contributed by atoms with Crippen molar-refractivity contribution in [2.45, 2.75) is 49.8 Å². The van der Waals surface area contributed by atoms with E-state index in [1.54, 1.807) is 19.1 Å². The van der Waals surface area contributed by atoms with E-state index in [9.17, 15) is 9.18 Å². The molecule has 2 atom stereocenters. The fourth-order valence-electron chi connectivity index (χ4n) is 5.88. The van der Waals surface area contributed by atoms with Crippen LogP contribution in [-0.4, -0.2) is 30.4 Å². The number of carbonyl (C=O) groups excluding carboxylic acids is 1. The molecule has 1 heterocycles. The van der Waals surface area contributed by atoms with E-state index in [2.05, 4.69) is 36.8 Å². The van der Waals surface area contributed by atoms with Crippen LogP contribution in [0.1, 0.15) is 44.3 Å². The molecule has 6 nitrogen and oxygen atoms in total. The molecule has 4 bridgehead atoms. The molecular weight excluding hydrogens is 413 g/mol. The highest BCUT2D eigenvalue weighted by molar-refractivity contribution is 9.10. The summed E-state index contributed by atoms with van der Waals surface area (Å²) in [6.45, 7) is 1.77. The summed E-state index contributed by atoms with van der Waals surface area (Å²) in [6.07, 6.45) is 6.20. The molecule has 4 fully saturated rings. The molecule has 2 unspecified atom stereocenters. The summed E-state index contributed by atoms with van der Waals surface area (Å²) in [5.41, 5.74) is 0.421. The lowest BCUT2D eigenvalue weighted by molar-refractivity contribution is -0.138. The van der Waals surface area contributed by atoms with Crippen molar-refractivity contribution >= 4 is 27.5 Å². The van der Waals surface area contributed by atoms with Gasteiger partial charge in [-0.2, -0.15) is 4.68 Å². The number of amides is 1. The van der Waals surface area contributed by atoms with Gasteiger partial charge in [0, 0.05) is 4.32 Å². The molecule has 4 aliphatic carbocycles. The average molecular weight is 434 g/mol. The van der Waals surface area contributed by atoms with Crippen LogP contribution in [-0.2, 0) is 4.79 Å². The first-order valence-corrected chi connectivity index (χ1v) is 10.2. The Morgan fingerprint density at radius 3 is 2.67 bits per heavy atom. The normalized spacial score (nSPS) is 34.0. The van der Waals surface area contributed by atoms with Crippen LogP contribution in [0.25, 0.3) is 5.69 Å². The highest BCUT2D eigenvalue weighted by atomic mass is 79.9. The van der Waals surface area contributed by atoms with Crippen molar-refractivity contribution in [2.75, 3.05) is 5.32 Å². The first kappa shape index (κ1) is 17.3. The molecule has 0 aliphatic heterocycles. The SMILES string of the molecule is Cc1nnnn1-c1ccc(F)c(NC(=O)C23CC4CC(CC(Br)(C4)C2)C3)c1. The Morgan fingerprint density at radius 2 is 2.04 bits per heavy atom. The molecule has 6 rings (SSSR count). The number of anilines is 1. The second kappa shape index (κ2) is 5.83. The first-order chi connectivity index (χ1) is 12.9. The van der Waals surface area contributed by atoms with Crippen LogP contribution < -0.4 is 5.32 Å². The van der Waals surface area contributed by atoms with Crippen molar-refractivity contribution in [1.29, 1.82) is 0 Å². The van der Waals surface area contributed by atoms with Crippen LogP contribution in [0.15, 0.2) is 18.2 Å². The molecule has 4 aliphatic rings. The van der Waals surface area contributed by atoms with E-state index in [0.29, 0.717) is 23.3 Å². The predicted octanol–water partition coefficient (Wildman–Crippen LogP) is 3.78. The van der Waals surface area contributed by atoms with Crippen LogP contribution >= 0.6 is 15.9 Å². The topological polar surface area (TPSA) is 72.7 Å². The summed E-state index contributed by atoms with van der Waals surface area (Å²) in [7, 11) is 0. The molecular formula is C19H21BrFN5O. The van der Waals surface area contributed by atoms with Gasteiger partial charge in [-0.25, -0.2) is 4.39 Å².